The topological polar surface area (TPSA) is 38.0 Å². The van der Waals surface area contributed by atoms with Crippen molar-refractivity contribution in [3.05, 3.63) is 20.8 Å². The smallest absolute Gasteiger partial charge is 0.0590 e. The van der Waals surface area contributed by atoms with Gasteiger partial charge in [-0.3, -0.25) is 11.3 Å². The third-order valence-corrected chi connectivity index (χ3v) is 5.31. The van der Waals surface area contributed by atoms with Gasteiger partial charge in [-0.15, -0.1) is 11.3 Å². The molecule has 0 amide bonds. The number of halogens is 1. The lowest BCUT2D eigenvalue weighted by atomic mass is 9.97. The third-order valence-electron chi connectivity index (χ3n) is 3.49. The summed E-state index contributed by atoms with van der Waals surface area (Å²) in [5.41, 5.74) is 4.09. The number of aryl methyl sites for hydroxylation is 1. The van der Waals surface area contributed by atoms with Crippen molar-refractivity contribution in [2.45, 2.75) is 45.1 Å². The molecule has 1 aliphatic rings. The minimum Gasteiger partial charge on any atom is -0.271 e. The average molecular weight is 259 g/mol. The van der Waals surface area contributed by atoms with E-state index in [0.717, 1.165) is 22.9 Å². The maximum atomic E-state index is 6.28. The van der Waals surface area contributed by atoms with Crippen molar-refractivity contribution in [3.8, 4) is 0 Å². The predicted molar refractivity (Wildman–Crippen MR) is 70.7 cm³/mol. The molecule has 0 aliphatic heterocycles. The molecule has 0 bridgehead atoms. The van der Waals surface area contributed by atoms with Crippen LogP contribution in [0.2, 0.25) is 5.02 Å². The van der Waals surface area contributed by atoms with E-state index in [1.165, 1.54) is 30.6 Å². The van der Waals surface area contributed by atoms with Crippen LogP contribution in [0.4, 0.5) is 0 Å². The molecule has 1 aromatic heterocycles. The van der Waals surface area contributed by atoms with Gasteiger partial charge in [-0.2, -0.15) is 0 Å². The second kappa shape index (κ2) is 5.50. The molecule has 1 aromatic rings. The van der Waals surface area contributed by atoms with Crippen molar-refractivity contribution in [1.29, 1.82) is 0 Å². The fraction of sp³-hybridized carbons (Fsp3) is 0.667. The van der Waals surface area contributed by atoms with Gasteiger partial charge in [0.2, 0.25) is 0 Å². The van der Waals surface area contributed by atoms with Crippen LogP contribution < -0.4 is 11.3 Å². The Hall–Kier alpha value is -0.0900. The van der Waals surface area contributed by atoms with E-state index < -0.39 is 0 Å². The fourth-order valence-electron chi connectivity index (χ4n) is 2.51. The Bertz CT molecular complexity index is 345. The van der Waals surface area contributed by atoms with E-state index in [9.17, 15) is 0 Å². The highest BCUT2D eigenvalue weighted by Crippen LogP contribution is 2.38. The Morgan fingerprint density at radius 3 is 2.75 bits per heavy atom. The zero-order valence-corrected chi connectivity index (χ0v) is 11.2. The summed E-state index contributed by atoms with van der Waals surface area (Å²) < 4.78 is 0. The Balaban J connectivity index is 2.06. The van der Waals surface area contributed by atoms with Crippen molar-refractivity contribution in [1.82, 2.24) is 5.43 Å². The van der Waals surface area contributed by atoms with Crippen molar-refractivity contribution in [2.75, 3.05) is 0 Å². The number of nitrogens with two attached hydrogens (primary N) is 1. The van der Waals surface area contributed by atoms with Crippen LogP contribution in [-0.4, -0.2) is 0 Å². The zero-order chi connectivity index (χ0) is 11.5. The second-order valence-corrected chi connectivity index (χ2v) is 5.99. The van der Waals surface area contributed by atoms with Gasteiger partial charge < -0.3 is 0 Å². The standard InChI is InChI=1S/C12H19ClN2S/c1-8-7-16-12(11(8)13)10(15-14)6-9-4-2-3-5-9/h7,9-10,15H,2-6,14H2,1H3. The Morgan fingerprint density at radius 1 is 1.56 bits per heavy atom. The van der Waals surface area contributed by atoms with E-state index in [2.05, 4.69) is 10.8 Å². The number of hydrazine groups is 1. The third kappa shape index (κ3) is 2.59. The molecule has 0 spiro atoms. The molecule has 1 aliphatic carbocycles. The van der Waals surface area contributed by atoms with Crippen LogP contribution >= 0.6 is 22.9 Å². The van der Waals surface area contributed by atoms with Crippen LogP contribution in [0.5, 0.6) is 0 Å². The molecule has 1 saturated carbocycles. The van der Waals surface area contributed by atoms with Crippen molar-refractivity contribution < 1.29 is 0 Å². The summed E-state index contributed by atoms with van der Waals surface area (Å²) in [4.78, 5) is 1.20. The first kappa shape index (κ1) is 12.4. The molecule has 1 fully saturated rings. The lowest BCUT2D eigenvalue weighted by molar-refractivity contribution is 0.404. The minimum atomic E-state index is 0.231. The largest absolute Gasteiger partial charge is 0.271 e. The van der Waals surface area contributed by atoms with E-state index in [0.29, 0.717) is 0 Å². The number of hydrogen-bond donors (Lipinski definition) is 2. The Labute approximate surface area is 106 Å². The summed E-state index contributed by atoms with van der Waals surface area (Å²) in [6, 6.07) is 0.231. The summed E-state index contributed by atoms with van der Waals surface area (Å²) in [5, 5.41) is 3.00. The van der Waals surface area contributed by atoms with Crippen LogP contribution in [0.1, 0.15) is 48.6 Å². The van der Waals surface area contributed by atoms with Gasteiger partial charge in [0.1, 0.15) is 0 Å². The van der Waals surface area contributed by atoms with Crippen LogP contribution in [-0.2, 0) is 0 Å². The van der Waals surface area contributed by atoms with E-state index >= 15 is 0 Å². The van der Waals surface area contributed by atoms with Gasteiger partial charge in [-0.05, 0) is 30.2 Å². The zero-order valence-electron chi connectivity index (χ0n) is 9.63. The van der Waals surface area contributed by atoms with Gasteiger partial charge in [0.25, 0.3) is 0 Å². The fourth-order valence-corrected chi connectivity index (χ4v) is 3.91. The lowest BCUT2D eigenvalue weighted by Crippen LogP contribution is -2.29. The average Bonchev–Trinajstić information content (AvgIpc) is 2.88. The molecule has 2 rings (SSSR count). The van der Waals surface area contributed by atoms with E-state index in [1.54, 1.807) is 11.3 Å². The van der Waals surface area contributed by atoms with Gasteiger partial charge in [0.15, 0.2) is 0 Å². The quantitative estimate of drug-likeness (QED) is 0.637. The lowest BCUT2D eigenvalue weighted by Gasteiger charge is -2.19. The first-order valence-corrected chi connectivity index (χ1v) is 7.17. The summed E-state index contributed by atoms with van der Waals surface area (Å²) in [6.07, 6.45) is 6.56. The van der Waals surface area contributed by atoms with Gasteiger partial charge in [0, 0.05) is 4.88 Å². The van der Waals surface area contributed by atoms with E-state index in [4.69, 9.17) is 17.4 Å². The predicted octanol–water partition coefficient (Wildman–Crippen LogP) is 3.79. The summed E-state index contributed by atoms with van der Waals surface area (Å²) in [5.74, 6) is 6.48. The van der Waals surface area contributed by atoms with Crippen LogP contribution in [0.25, 0.3) is 0 Å². The highest BCUT2D eigenvalue weighted by atomic mass is 35.5. The summed E-state index contributed by atoms with van der Waals surface area (Å²) in [6.45, 7) is 2.05. The molecule has 16 heavy (non-hydrogen) atoms. The number of nitrogens with one attached hydrogen (secondary N) is 1. The van der Waals surface area contributed by atoms with E-state index in [-0.39, 0.29) is 6.04 Å². The Kier molecular flexibility index (Phi) is 4.25. The second-order valence-electron chi connectivity index (χ2n) is 4.70. The summed E-state index contributed by atoms with van der Waals surface area (Å²) >= 11 is 8.00. The maximum Gasteiger partial charge on any atom is 0.0590 e. The molecule has 0 aromatic carbocycles. The number of hydrogen-bond acceptors (Lipinski definition) is 3. The maximum absolute atomic E-state index is 6.28. The Morgan fingerprint density at radius 2 is 2.25 bits per heavy atom. The molecule has 2 nitrogen and oxygen atoms in total. The molecule has 90 valence electrons. The van der Waals surface area contributed by atoms with Crippen molar-refractivity contribution in [3.63, 3.8) is 0 Å². The van der Waals surface area contributed by atoms with Crippen molar-refractivity contribution in [2.24, 2.45) is 11.8 Å². The van der Waals surface area contributed by atoms with Gasteiger partial charge >= 0.3 is 0 Å². The van der Waals surface area contributed by atoms with Gasteiger partial charge in [-0.1, -0.05) is 37.3 Å². The molecule has 0 radical (unpaired) electrons. The first-order chi connectivity index (χ1) is 7.72. The molecule has 0 saturated heterocycles. The number of thiophene rings is 1. The van der Waals surface area contributed by atoms with Crippen molar-refractivity contribution >= 4 is 22.9 Å². The molecule has 1 unspecified atom stereocenters. The van der Waals surface area contributed by atoms with Crippen LogP contribution in [0.3, 0.4) is 0 Å². The highest BCUT2D eigenvalue weighted by molar-refractivity contribution is 7.10. The van der Waals surface area contributed by atoms with Crippen LogP contribution in [0.15, 0.2) is 5.38 Å². The highest BCUT2D eigenvalue weighted by Gasteiger charge is 2.23. The SMILES string of the molecule is Cc1csc(C(CC2CCCC2)NN)c1Cl. The van der Waals surface area contributed by atoms with Gasteiger partial charge in [-0.25, -0.2) is 0 Å². The normalized spacial score (nSPS) is 19.2. The summed E-state index contributed by atoms with van der Waals surface area (Å²) in [7, 11) is 0. The number of rotatable bonds is 4. The monoisotopic (exact) mass is 258 g/mol. The molecular weight excluding hydrogens is 240 g/mol. The molecule has 1 heterocycles. The molecule has 4 heteroatoms. The molecular formula is C12H19ClN2S. The first-order valence-electron chi connectivity index (χ1n) is 5.92. The van der Waals surface area contributed by atoms with Gasteiger partial charge in [0.05, 0.1) is 11.1 Å². The van der Waals surface area contributed by atoms with Crippen LogP contribution in [0, 0.1) is 12.8 Å². The minimum absolute atomic E-state index is 0.231. The van der Waals surface area contributed by atoms with E-state index in [1.807, 2.05) is 6.92 Å². The molecule has 1 atom stereocenters. The molecule has 3 N–H and O–H groups in total.